The smallest absolute Gasteiger partial charge is 0.135 e. The van der Waals surface area contributed by atoms with Gasteiger partial charge in [0.1, 0.15) is 12.3 Å². The quantitative estimate of drug-likeness (QED) is 0.932. The number of benzene rings is 2. The lowest BCUT2D eigenvalue weighted by molar-refractivity contribution is 0.0363. The van der Waals surface area contributed by atoms with Crippen LogP contribution in [0.5, 0.6) is 0 Å². The molecule has 2 aromatic carbocycles. The van der Waals surface area contributed by atoms with Crippen LogP contribution in [-0.2, 0) is 4.74 Å². The number of hydrogen-bond acceptors (Lipinski definition) is 3. The molecular formula is C18H22N2O. The highest BCUT2D eigenvalue weighted by Gasteiger charge is 2.33. The zero-order valence-corrected chi connectivity index (χ0v) is 12.8. The van der Waals surface area contributed by atoms with Crippen molar-refractivity contribution in [3.05, 3.63) is 65.7 Å². The van der Waals surface area contributed by atoms with Crippen molar-refractivity contribution in [3.8, 4) is 0 Å². The normalized spacial score (nSPS) is 25.0. The average molecular weight is 282 g/mol. The van der Waals surface area contributed by atoms with Crippen LogP contribution in [0.15, 0.2) is 54.6 Å². The van der Waals surface area contributed by atoms with Gasteiger partial charge in [-0.2, -0.15) is 0 Å². The van der Waals surface area contributed by atoms with E-state index in [4.69, 9.17) is 4.74 Å². The first-order valence-corrected chi connectivity index (χ1v) is 7.39. The van der Waals surface area contributed by atoms with E-state index in [-0.39, 0.29) is 12.3 Å². The first kappa shape index (κ1) is 14.1. The third-order valence-corrected chi connectivity index (χ3v) is 3.99. The Morgan fingerprint density at radius 1 is 0.905 bits per heavy atom. The van der Waals surface area contributed by atoms with E-state index in [0.717, 1.165) is 0 Å². The number of rotatable bonds is 3. The van der Waals surface area contributed by atoms with E-state index in [1.807, 2.05) is 20.2 Å². The Kier molecular flexibility index (Phi) is 3.95. The summed E-state index contributed by atoms with van der Waals surface area (Å²) in [6.45, 7) is 2.17. The SMILES string of the molecule is C[C@@H]1N[C@H](c2ccc(N(C)C)cc2)O[C@@H]1c1ccccc1. The van der Waals surface area contributed by atoms with Crippen LogP contribution in [0.4, 0.5) is 5.69 Å². The third kappa shape index (κ3) is 2.94. The highest BCUT2D eigenvalue weighted by Crippen LogP contribution is 2.35. The summed E-state index contributed by atoms with van der Waals surface area (Å²) in [6.07, 6.45) is 0.0612. The topological polar surface area (TPSA) is 24.5 Å². The number of anilines is 1. The molecule has 1 aliphatic heterocycles. The summed E-state index contributed by atoms with van der Waals surface area (Å²) in [4.78, 5) is 2.10. The Balaban J connectivity index is 1.76. The number of nitrogens with zero attached hydrogens (tertiary/aromatic N) is 1. The fourth-order valence-corrected chi connectivity index (χ4v) is 2.76. The van der Waals surface area contributed by atoms with Crippen LogP contribution in [-0.4, -0.2) is 20.1 Å². The molecule has 0 unspecified atom stereocenters. The first-order valence-electron chi connectivity index (χ1n) is 7.39. The van der Waals surface area contributed by atoms with Crippen molar-refractivity contribution in [1.82, 2.24) is 5.32 Å². The summed E-state index contributed by atoms with van der Waals surface area (Å²) < 4.78 is 6.22. The van der Waals surface area contributed by atoms with E-state index in [2.05, 4.69) is 65.7 Å². The van der Waals surface area contributed by atoms with Gasteiger partial charge in [-0.25, -0.2) is 0 Å². The Morgan fingerprint density at radius 2 is 1.57 bits per heavy atom. The highest BCUT2D eigenvalue weighted by molar-refractivity contribution is 5.46. The Hall–Kier alpha value is -1.84. The van der Waals surface area contributed by atoms with Gasteiger partial charge in [-0.1, -0.05) is 42.5 Å². The second kappa shape index (κ2) is 5.88. The number of ether oxygens (including phenoxy) is 1. The molecule has 2 aromatic rings. The van der Waals surface area contributed by atoms with Gasteiger partial charge in [-0.05, 0) is 30.2 Å². The van der Waals surface area contributed by atoms with E-state index in [0.29, 0.717) is 6.04 Å². The van der Waals surface area contributed by atoms with Gasteiger partial charge in [-0.3, -0.25) is 5.32 Å². The van der Waals surface area contributed by atoms with Gasteiger partial charge in [0, 0.05) is 25.8 Å². The second-order valence-electron chi connectivity index (χ2n) is 5.79. The van der Waals surface area contributed by atoms with E-state index >= 15 is 0 Å². The molecule has 1 aliphatic rings. The molecule has 3 atom stereocenters. The molecule has 0 radical (unpaired) electrons. The van der Waals surface area contributed by atoms with Crippen LogP contribution in [0.1, 0.15) is 30.4 Å². The molecule has 110 valence electrons. The molecule has 0 amide bonds. The van der Waals surface area contributed by atoms with Crippen molar-refractivity contribution in [2.45, 2.75) is 25.3 Å². The second-order valence-corrected chi connectivity index (χ2v) is 5.79. The fraction of sp³-hybridized carbons (Fsp3) is 0.333. The zero-order valence-electron chi connectivity index (χ0n) is 12.8. The summed E-state index contributed by atoms with van der Waals surface area (Å²) in [5.74, 6) is 0. The lowest BCUT2D eigenvalue weighted by Crippen LogP contribution is -2.23. The number of hydrogen-bond donors (Lipinski definition) is 1. The molecule has 0 saturated carbocycles. The maximum Gasteiger partial charge on any atom is 0.135 e. The molecule has 1 N–H and O–H groups in total. The largest absolute Gasteiger partial charge is 0.378 e. The van der Waals surface area contributed by atoms with Gasteiger partial charge in [-0.15, -0.1) is 0 Å². The summed E-state index contributed by atoms with van der Waals surface area (Å²) >= 11 is 0. The Labute approximate surface area is 126 Å². The molecule has 0 aliphatic carbocycles. The van der Waals surface area contributed by atoms with Crippen LogP contribution in [0.25, 0.3) is 0 Å². The zero-order chi connectivity index (χ0) is 14.8. The summed E-state index contributed by atoms with van der Waals surface area (Å²) in [5, 5.41) is 3.53. The van der Waals surface area contributed by atoms with E-state index in [1.54, 1.807) is 0 Å². The lowest BCUT2D eigenvalue weighted by Gasteiger charge is -2.16. The van der Waals surface area contributed by atoms with Gasteiger partial charge < -0.3 is 9.64 Å². The molecule has 0 spiro atoms. The molecule has 1 saturated heterocycles. The number of nitrogens with one attached hydrogen (secondary N) is 1. The van der Waals surface area contributed by atoms with Crippen molar-refractivity contribution in [3.63, 3.8) is 0 Å². The Morgan fingerprint density at radius 3 is 2.19 bits per heavy atom. The van der Waals surface area contributed by atoms with Gasteiger partial charge >= 0.3 is 0 Å². The fourth-order valence-electron chi connectivity index (χ4n) is 2.76. The average Bonchev–Trinajstić information content (AvgIpc) is 2.90. The maximum absolute atomic E-state index is 6.22. The predicted molar refractivity (Wildman–Crippen MR) is 86.4 cm³/mol. The van der Waals surface area contributed by atoms with E-state index in [9.17, 15) is 0 Å². The van der Waals surface area contributed by atoms with Crippen LogP contribution in [0.3, 0.4) is 0 Å². The van der Waals surface area contributed by atoms with Crippen LogP contribution >= 0.6 is 0 Å². The summed E-state index contributed by atoms with van der Waals surface area (Å²) in [7, 11) is 4.10. The third-order valence-electron chi connectivity index (χ3n) is 3.99. The predicted octanol–water partition coefficient (Wildman–Crippen LogP) is 3.50. The first-order chi connectivity index (χ1) is 10.1. The minimum atomic E-state index is -0.0404. The maximum atomic E-state index is 6.22. The Bertz CT molecular complexity index is 580. The summed E-state index contributed by atoms with van der Waals surface area (Å²) in [5.41, 5.74) is 3.60. The van der Waals surface area contributed by atoms with Crippen molar-refractivity contribution in [2.75, 3.05) is 19.0 Å². The lowest BCUT2D eigenvalue weighted by atomic mass is 10.0. The molecule has 3 nitrogen and oxygen atoms in total. The van der Waals surface area contributed by atoms with Gasteiger partial charge in [0.25, 0.3) is 0 Å². The van der Waals surface area contributed by atoms with Crippen LogP contribution in [0.2, 0.25) is 0 Å². The molecule has 3 heteroatoms. The standard InChI is InChI=1S/C18H22N2O/c1-13-17(14-7-5-4-6-8-14)21-18(19-13)15-9-11-16(12-10-15)20(2)3/h4-13,17-19H,1-3H3/t13-,17-,18-/m0/s1. The van der Waals surface area contributed by atoms with Crippen molar-refractivity contribution >= 4 is 5.69 Å². The van der Waals surface area contributed by atoms with Gasteiger partial charge in [0.2, 0.25) is 0 Å². The highest BCUT2D eigenvalue weighted by atomic mass is 16.5. The summed E-state index contributed by atoms with van der Waals surface area (Å²) in [6, 6.07) is 19.2. The molecule has 0 bridgehead atoms. The molecule has 1 fully saturated rings. The molecule has 1 heterocycles. The van der Waals surface area contributed by atoms with Crippen LogP contribution < -0.4 is 10.2 Å². The van der Waals surface area contributed by atoms with Crippen LogP contribution in [0, 0.1) is 0 Å². The minimum Gasteiger partial charge on any atom is -0.378 e. The van der Waals surface area contributed by atoms with Gasteiger partial charge in [0.05, 0.1) is 0 Å². The minimum absolute atomic E-state index is 0.0404. The molecule has 0 aromatic heterocycles. The van der Waals surface area contributed by atoms with Gasteiger partial charge in [0.15, 0.2) is 0 Å². The van der Waals surface area contributed by atoms with Crippen molar-refractivity contribution < 1.29 is 4.74 Å². The van der Waals surface area contributed by atoms with Crippen molar-refractivity contribution in [2.24, 2.45) is 0 Å². The van der Waals surface area contributed by atoms with E-state index in [1.165, 1.54) is 16.8 Å². The molecule has 21 heavy (non-hydrogen) atoms. The molecular weight excluding hydrogens is 260 g/mol. The van der Waals surface area contributed by atoms with E-state index < -0.39 is 0 Å². The monoisotopic (exact) mass is 282 g/mol. The van der Waals surface area contributed by atoms with Crippen molar-refractivity contribution in [1.29, 1.82) is 0 Å². The molecule has 3 rings (SSSR count).